The molecule has 0 fully saturated rings. The van der Waals surface area contributed by atoms with Crippen LogP contribution in [-0.2, 0) is 0 Å². The minimum absolute atomic E-state index is 0.496. The van der Waals surface area contributed by atoms with Gasteiger partial charge in [0.25, 0.3) is 0 Å². The highest BCUT2D eigenvalue weighted by Gasteiger charge is 2.08. The fourth-order valence-corrected chi connectivity index (χ4v) is 2.01. The Labute approximate surface area is 90.1 Å². The largest absolute Gasteiger partial charge is 0.185 e. The van der Waals surface area contributed by atoms with Crippen LogP contribution in [0.25, 0.3) is 0 Å². The summed E-state index contributed by atoms with van der Waals surface area (Å²) in [5, 5.41) is 11.4. The Hall–Kier alpha value is -0.0100. The van der Waals surface area contributed by atoms with Crippen LogP contribution < -0.4 is 0 Å². The quantitative estimate of drug-likeness (QED) is 0.454. The SMILES string of the molecule is N#CSc1c(Cl)ccc(Cl)c1S. The number of thioether (sulfide) groups is 1. The molecule has 0 amide bonds. The second kappa shape index (κ2) is 4.29. The van der Waals surface area contributed by atoms with Crippen molar-refractivity contribution in [3.05, 3.63) is 22.2 Å². The molecule has 0 spiro atoms. The molecule has 0 saturated carbocycles. The summed E-state index contributed by atoms with van der Waals surface area (Å²) >= 11 is 16.6. The van der Waals surface area contributed by atoms with Crippen molar-refractivity contribution in [2.45, 2.75) is 9.79 Å². The minimum atomic E-state index is 0.496. The first-order valence-electron chi connectivity index (χ1n) is 2.89. The molecule has 62 valence electrons. The van der Waals surface area contributed by atoms with Gasteiger partial charge in [-0.25, -0.2) is 0 Å². The van der Waals surface area contributed by atoms with Crippen LogP contribution in [0.2, 0.25) is 10.0 Å². The molecular weight excluding hydrogens is 233 g/mol. The average molecular weight is 236 g/mol. The van der Waals surface area contributed by atoms with Crippen molar-refractivity contribution in [2.75, 3.05) is 0 Å². The van der Waals surface area contributed by atoms with E-state index in [-0.39, 0.29) is 0 Å². The number of thiol groups is 1. The van der Waals surface area contributed by atoms with E-state index < -0.39 is 0 Å². The molecule has 12 heavy (non-hydrogen) atoms. The molecule has 1 nitrogen and oxygen atoms in total. The van der Waals surface area contributed by atoms with Gasteiger partial charge < -0.3 is 0 Å². The molecule has 1 aromatic rings. The van der Waals surface area contributed by atoms with Gasteiger partial charge in [0.15, 0.2) is 0 Å². The zero-order chi connectivity index (χ0) is 9.14. The lowest BCUT2D eigenvalue weighted by atomic mass is 10.3. The third kappa shape index (κ3) is 2.02. The van der Waals surface area contributed by atoms with Crippen molar-refractivity contribution in [3.63, 3.8) is 0 Å². The van der Waals surface area contributed by atoms with Crippen molar-refractivity contribution in [1.82, 2.24) is 0 Å². The van der Waals surface area contributed by atoms with Gasteiger partial charge in [-0.15, -0.1) is 12.6 Å². The van der Waals surface area contributed by atoms with Gasteiger partial charge in [0.2, 0.25) is 0 Å². The number of nitrogens with zero attached hydrogens (tertiary/aromatic N) is 1. The van der Waals surface area contributed by atoms with Crippen LogP contribution in [0, 0.1) is 10.7 Å². The monoisotopic (exact) mass is 235 g/mol. The van der Waals surface area contributed by atoms with E-state index in [2.05, 4.69) is 12.6 Å². The molecule has 0 heterocycles. The van der Waals surface area contributed by atoms with Crippen molar-refractivity contribution in [3.8, 4) is 5.40 Å². The summed E-state index contributed by atoms with van der Waals surface area (Å²) in [6.07, 6.45) is 0. The summed E-state index contributed by atoms with van der Waals surface area (Å²) in [6.45, 7) is 0. The molecule has 0 saturated heterocycles. The number of halogens is 2. The summed E-state index contributed by atoms with van der Waals surface area (Å²) in [4.78, 5) is 1.16. The summed E-state index contributed by atoms with van der Waals surface area (Å²) < 4.78 is 0. The van der Waals surface area contributed by atoms with Crippen molar-refractivity contribution < 1.29 is 0 Å². The zero-order valence-corrected chi connectivity index (χ0v) is 8.94. The molecule has 0 radical (unpaired) electrons. The predicted octanol–water partition coefficient (Wildman–Crippen LogP) is 3.86. The zero-order valence-electron chi connectivity index (χ0n) is 5.71. The normalized spacial score (nSPS) is 9.50. The van der Waals surface area contributed by atoms with Gasteiger partial charge in [0, 0.05) is 4.90 Å². The van der Waals surface area contributed by atoms with Crippen LogP contribution in [0.15, 0.2) is 21.9 Å². The van der Waals surface area contributed by atoms with Crippen LogP contribution in [0.3, 0.4) is 0 Å². The molecule has 0 aromatic heterocycles. The molecule has 0 unspecified atom stereocenters. The van der Waals surface area contributed by atoms with Crippen LogP contribution in [-0.4, -0.2) is 0 Å². The second-order valence-electron chi connectivity index (χ2n) is 1.90. The van der Waals surface area contributed by atoms with E-state index in [4.69, 9.17) is 28.5 Å². The lowest BCUT2D eigenvalue weighted by Crippen LogP contribution is -1.77. The van der Waals surface area contributed by atoms with Crippen LogP contribution in [0.1, 0.15) is 0 Å². The van der Waals surface area contributed by atoms with E-state index in [0.29, 0.717) is 19.8 Å². The maximum atomic E-state index is 8.44. The standard InChI is InChI=1S/C7H3Cl2NS2/c8-4-1-2-5(9)7(6(4)11)12-3-10/h1-2,11H. The smallest absolute Gasteiger partial charge is 0.138 e. The molecule has 0 aliphatic carbocycles. The number of rotatable bonds is 1. The molecule has 0 aliphatic heterocycles. The topological polar surface area (TPSA) is 23.8 Å². The summed E-state index contributed by atoms with van der Waals surface area (Å²) in [5.41, 5.74) is 0. The van der Waals surface area contributed by atoms with Crippen LogP contribution >= 0.6 is 47.6 Å². The van der Waals surface area contributed by atoms with E-state index >= 15 is 0 Å². The van der Waals surface area contributed by atoms with E-state index in [9.17, 15) is 0 Å². The van der Waals surface area contributed by atoms with Gasteiger partial charge >= 0.3 is 0 Å². The lowest BCUT2D eigenvalue weighted by Gasteiger charge is -2.03. The summed E-state index contributed by atoms with van der Waals surface area (Å²) in [6, 6.07) is 3.29. The Balaban J connectivity index is 3.25. The van der Waals surface area contributed by atoms with Crippen molar-refractivity contribution in [2.24, 2.45) is 0 Å². The molecule has 1 rings (SSSR count). The Morgan fingerprint density at radius 3 is 2.50 bits per heavy atom. The molecule has 0 atom stereocenters. The first-order chi connectivity index (χ1) is 5.66. The lowest BCUT2D eigenvalue weighted by molar-refractivity contribution is 1.26. The minimum Gasteiger partial charge on any atom is -0.185 e. The Bertz CT molecular complexity index is 346. The molecule has 5 heteroatoms. The highest BCUT2D eigenvalue weighted by Crippen LogP contribution is 2.36. The van der Waals surface area contributed by atoms with E-state index in [0.717, 1.165) is 11.8 Å². The Morgan fingerprint density at radius 2 is 1.92 bits per heavy atom. The van der Waals surface area contributed by atoms with E-state index in [1.165, 1.54) is 0 Å². The van der Waals surface area contributed by atoms with Gasteiger partial charge in [-0.05, 0) is 23.9 Å². The fourth-order valence-electron chi connectivity index (χ4n) is 0.665. The summed E-state index contributed by atoms with van der Waals surface area (Å²) in [5.74, 6) is 0. The average Bonchev–Trinajstić information content (AvgIpc) is 2.06. The maximum absolute atomic E-state index is 8.44. The first kappa shape index (κ1) is 10.1. The maximum Gasteiger partial charge on any atom is 0.138 e. The predicted molar refractivity (Wildman–Crippen MR) is 55.2 cm³/mol. The Morgan fingerprint density at radius 1 is 1.33 bits per heavy atom. The van der Waals surface area contributed by atoms with E-state index in [1.807, 2.05) is 5.40 Å². The number of benzene rings is 1. The van der Waals surface area contributed by atoms with Crippen molar-refractivity contribution >= 4 is 47.6 Å². The summed E-state index contributed by atoms with van der Waals surface area (Å²) in [7, 11) is 0. The van der Waals surface area contributed by atoms with Gasteiger partial charge in [-0.3, -0.25) is 0 Å². The molecule has 0 N–H and O–H groups in total. The fraction of sp³-hybridized carbons (Fsp3) is 0. The molecule has 0 aliphatic rings. The van der Waals surface area contributed by atoms with Crippen LogP contribution in [0.5, 0.6) is 0 Å². The van der Waals surface area contributed by atoms with Crippen molar-refractivity contribution in [1.29, 1.82) is 5.26 Å². The third-order valence-electron chi connectivity index (χ3n) is 1.18. The van der Waals surface area contributed by atoms with Gasteiger partial charge in [-0.2, -0.15) is 5.26 Å². The first-order valence-corrected chi connectivity index (χ1v) is 4.91. The van der Waals surface area contributed by atoms with Gasteiger partial charge in [0.1, 0.15) is 5.40 Å². The number of hydrogen-bond acceptors (Lipinski definition) is 3. The molecular formula is C7H3Cl2NS2. The van der Waals surface area contributed by atoms with Gasteiger partial charge in [-0.1, -0.05) is 23.2 Å². The third-order valence-corrected chi connectivity index (χ3v) is 3.39. The highest BCUT2D eigenvalue weighted by atomic mass is 35.5. The highest BCUT2D eigenvalue weighted by molar-refractivity contribution is 8.04. The molecule has 1 aromatic carbocycles. The Kier molecular flexibility index (Phi) is 3.60. The number of hydrogen-bond donors (Lipinski definition) is 1. The van der Waals surface area contributed by atoms with Gasteiger partial charge in [0.05, 0.1) is 14.9 Å². The second-order valence-corrected chi connectivity index (χ2v) is 3.96. The van der Waals surface area contributed by atoms with E-state index in [1.54, 1.807) is 12.1 Å². The molecule has 0 bridgehead atoms. The van der Waals surface area contributed by atoms with Crippen LogP contribution in [0.4, 0.5) is 0 Å². The number of nitriles is 1. The number of thiocyanates is 1.